The van der Waals surface area contributed by atoms with E-state index in [1.165, 1.54) is 11.3 Å². The third-order valence-corrected chi connectivity index (χ3v) is 3.82. The molecule has 6 heteroatoms. The number of rotatable bonds is 3. The largest absolute Gasteiger partial charge is 0.450 e. The number of likely N-dealkylation sites (tertiary alicyclic amines) is 1. The van der Waals surface area contributed by atoms with Crippen molar-refractivity contribution in [2.75, 3.05) is 19.7 Å². The lowest BCUT2D eigenvalue weighted by Crippen LogP contribution is -2.46. The summed E-state index contributed by atoms with van der Waals surface area (Å²) in [6.45, 7) is 3.46. The van der Waals surface area contributed by atoms with Gasteiger partial charge >= 0.3 is 6.09 Å². The number of hydrogen-bond acceptors (Lipinski definition) is 4. The maximum absolute atomic E-state index is 11.9. The standard InChI is InChI=1S/C13H18N2O3S/c1-2-18-13(17)15-6-3-11(4-7-15)14-12(16)10-5-8-19-9-10/h5,8-9,11H,2-4,6-7H2,1H3,(H,14,16). The van der Waals surface area contributed by atoms with Crippen molar-refractivity contribution in [3.8, 4) is 0 Å². The highest BCUT2D eigenvalue weighted by Gasteiger charge is 2.24. The molecule has 19 heavy (non-hydrogen) atoms. The summed E-state index contributed by atoms with van der Waals surface area (Å²) in [5, 5.41) is 6.73. The molecule has 1 fully saturated rings. The first kappa shape index (κ1) is 13.9. The molecule has 0 unspecified atom stereocenters. The van der Waals surface area contributed by atoms with Crippen LogP contribution in [0, 0.1) is 0 Å². The highest BCUT2D eigenvalue weighted by molar-refractivity contribution is 7.08. The van der Waals surface area contributed by atoms with Gasteiger partial charge in [0.25, 0.3) is 5.91 Å². The van der Waals surface area contributed by atoms with Gasteiger partial charge in [-0.2, -0.15) is 11.3 Å². The number of ether oxygens (including phenoxy) is 1. The Balaban J connectivity index is 1.77. The van der Waals surface area contributed by atoms with E-state index in [-0.39, 0.29) is 18.0 Å². The van der Waals surface area contributed by atoms with Crippen LogP contribution in [0.4, 0.5) is 4.79 Å². The molecule has 2 amide bonds. The number of carbonyl (C=O) groups is 2. The maximum atomic E-state index is 11.9. The molecule has 5 nitrogen and oxygen atoms in total. The number of amides is 2. The minimum Gasteiger partial charge on any atom is -0.450 e. The molecule has 0 spiro atoms. The molecular formula is C13H18N2O3S. The Morgan fingerprint density at radius 1 is 1.47 bits per heavy atom. The Bertz CT molecular complexity index is 425. The fourth-order valence-corrected chi connectivity index (χ4v) is 2.72. The van der Waals surface area contributed by atoms with Gasteiger partial charge in [-0.05, 0) is 31.2 Å². The molecule has 0 aromatic carbocycles. The molecular weight excluding hydrogens is 264 g/mol. The van der Waals surface area contributed by atoms with Crippen LogP contribution >= 0.6 is 11.3 Å². The van der Waals surface area contributed by atoms with Crippen molar-refractivity contribution in [2.45, 2.75) is 25.8 Å². The Morgan fingerprint density at radius 2 is 2.21 bits per heavy atom. The quantitative estimate of drug-likeness (QED) is 0.923. The number of nitrogens with zero attached hydrogens (tertiary/aromatic N) is 1. The van der Waals surface area contributed by atoms with Crippen LogP contribution in [0.3, 0.4) is 0 Å². The van der Waals surface area contributed by atoms with Gasteiger partial charge in [-0.25, -0.2) is 4.79 Å². The first-order valence-electron chi connectivity index (χ1n) is 6.45. The SMILES string of the molecule is CCOC(=O)N1CCC(NC(=O)c2ccsc2)CC1. The number of thiophene rings is 1. The number of nitrogens with one attached hydrogen (secondary N) is 1. The van der Waals surface area contributed by atoms with Gasteiger partial charge in [0, 0.05) is 30.1 Å². The molecule has 1 N–H and O–H groups in total. The topological polar surface area (TPSA) is 58.6 Å². The van der Waals surface area contributed by atoms with Gasteiger partial charge in [-0.15, -0.1) is 0 Å². The third kappa shape index (κ3) is 3.70. The zero-order chi connectivity index (χ0) is 13.7. The van der Waals surface area contributed by atoms with Crippen LogP contribution in [0.2, 0.25) is 0 Å². The van der Waals surface area contributed by atoms with E-state index in [4.69, 9.17) is 4.74 Å². The van der Waals surface area contributed by atoms with Crippen LogP contribution in [-0.4, -0.2) is 42.6 Å². The first-order valence-corrected chi connectivity index (χ1v) is 7.39. The van der Waals surface area contributed by atoms with E-state index < -0.39 is 0 Å². The van der Waals surface area contributed by atoms with Crippen molar-refractivity contribution in [2.24, 2.45) is 0 Å². The van der Waals surface area contributed by atoms with E-state index >= 15 is 0 Å². The molecule has 104 valence electrons. The molecule has 1 aromatic rings. The van der Waals surface area contributed by atoms with Crippen molar-refractivity contribution in [3.63, 3.8) is 0 Å². The molecule has 1 aromatic heterocycles. The van der Waals surface area contributed by atoms with E-state index in [0.29, 0.717) is 25.3 Å². The average Bonchev–Trinajstić information content (AvgIpc) is 2.94. The van der Waals surface area contributed by atoms with Gasteiger partial charge in [0.05, 0.1) is 6.61 Å². The van der Waals surface area contributed by atoms with Crippen molar-refractivity contribution in [1.82, 2.24) is 10.2 Å². The van der Waals surface area contributed by atoms with Gasteiger partial charge in [-0.1, -0.05) is 0 Å². The summed E-state index contributed by atoms with van der Waals surface area (Å²) < 4.78 is 4.96. The Kier molecular flexibility index (Phi) is 4.79. The molecule has 0 bridgehead atoms. The van der Waals surface area contributed by atoms with Crippen LogP contribution in [0.1, 0.15) is 30.1 Å². The molecule has 1 saturated heterocycles. The second kappa shape index (κ2) is 6.56. The van der Waals surface area contributed by atoms with Crippen LogP contribution in [0.5, 0.6) is 0 Å². The number of piperidine rings is 1. The van der Waals surface area contributed by atoms with E-state index in [1.54, 1.807) is 11.8 Å². The highest BCUT2D eigenvalue weighted by Crippen LogP contribution is 2.13. The second-order valence-corrected chi connectivity index (χ2v) is 5.23. The van der Waals surface area contributed by atoms with Gasteiger partial charge in [0.2, 0.25) is 0 Å². The second-order valence-electron chi connectivity index (χ2n) is 4.45. The molecule has 0 saturated carbocycles. The smallest absolute Gasteiger partial charge is 0.409 e. The van der Waals surface area contributed by atoms with Crippen LogP contribution in [0.15, 0.2) is 16.8 Å². The lowest BCUT2D eigenvalue weighted by Gasteiger charge is -2.31. The normalized spacial score (nSPS) is 16.2. The minimum atomic E-state index is -0.259. The molecule has 0 aliphatic carbocycles. The van der Waals surface area contributed by atoms with E-state index in [1.807, 2.05) is 16.8 Å². The van der Waals surface area contributed by atoms with Gasteiger partial charge < -0.3 is 15.0 Å². The maximum Gasteiger partial charge on any atom is 0.409 e. The van der Waals surface area contributed by atoms with Crippen LogP contribution in [-0.2, 0) is 4.74 Å². The van der Waals surface area contributed by atoms with E-state index in [0.717, 1.165) is 12.8 Å². The highest BCUT2D eigenvalue weighted by atomic mass is 32.1. The summed E-state index contributed by atoms with van der Waals surface area (Å²) in [6, 6.07) is 1.95. The Labute approximate surface area is 116 Å². The third-order valence-electron chi connectivity index (χ3n) is 3.14. The molecule has 1 aliphatic heterocycles. The summed E-state index contributed by atoms with van der Waals surface area (Å²) in [4.78, 5) is 25.1. The van der Waals surface area contributed by atoms with Crippen LogP contribution < -0.4 is 5.32 Å². The molecule has 2 heterocycles. The fourth-order valence-electron chi connectivity index (χ4n) is 2.08. The summed E-state index contributed by atoms with van der Waals surface area (Å²) in [7, 11) is 0. The number of carbonyl (C=O) groups excluding carboxylic acids is 2. The zero-order valence-electron chi connectivity index (χ0n) is 10.9. The minimum absolute atomic E-state index is 0.0316. The van der Waals surface area contributed by atoms with Crippen LogP contribution in [0.25, 0.3) is 0 Å². The van der Waals surface area contributed by atoms with E-state index in [2.05, 4.69) is 5.32 Å². The summed E-state index contributed by atoms with van der Waals surface area (Å²) in [6.07, 6.45) is 1.29. The van der Waals surface area contributed by atoms with Crippen molar-refractivity contribution in [1.29, 1.82) is 0 Å². The summed E-state index contributed by atoms with van der Waals surface area (Å²) in [5.41, 5.74) is 0.706. The van der Waals surface area contributed by atoms with Gasteiger partial charge in [0.1, 0.15) is 0 Å². The molecule has 1 aliphatic rings. The number of hydrogen-bond donors (Lipinski definition) is 1. The Hall–Kier alpha value is -1.56. The van der Waals surface area contributed by atoms with Gasteiger partial charge in [0.15, 0.2) is 0 Å². The molecule has 0 radical (unpaired) electrons. The summed E-state index contributed by atoms with van der Waals surface area (Å²) >= 11 is 1.51. The van der Waals surface area contributed by atoms with Crippen molar-refractivity contribution >= 4 is 23.3 Å². The molecule has 0 atom stereocenters. The Morgan fingerprint density at radius 3 is 2.79 bits per heavy atom. The fraction of sp³-hybridized carbons (Fsp3) is 0.538. The predicted molar refractivity (Wildman–Crippen MR) is 73.4 cm³/mol. The van der Waals surface area contributed by atoms with Gasteiger partial charge in [-0.3, -0.25) is 4.79 Å². The predicted octanol–water partition coefficient (Wildman–Crippen LogP) is 2.10. The molecule has 2 rings (SSSR count). The zero-order valence-corrected chi connectivity index (χ0v) is 11.7. The average molecular weight is 282 g/mol. The first-order chi connectivity index (χ1) is 9.20. The lowest BCUT2D eigenvalue weighted by atomic mass is 10.1. The van der Waals surface area contributed by atoms with Crippen molar-refractivity contribution < 1.29 is 14.3 Å². The van der Waals surface area contributed by atoms with E-state index in [9.17, 15) is 9.59 Å². The monoisotopic (exact) mass is 282 g/mol. The summed E-state index contributed by atoms with van der Waals surface area (Å²) in [5.74, 6) is -0.0316. The van der Waals surface area contributed by atoms with Crippen molar-refractivity contribution in [3.05, 3.63) is 22.4 Å². The lowest BCUT2D eigenvalue weighted by molar-refractivity contribution is 0.0860.